The Hall–Kier alpha value is -3.70. The highest BCUT2D eigenvalue weighted by Gasteiger charge is 2.33. The van der Waals surface area contributed by atoms with Gasteiger partial charge in [0.2, 0.25) is 11.8 Å². The van der Waals surface area contributed by atoms with Gasteiger partial charge >= 0.3 is 0 Å². The lowest BCUT2D eigenvalue weighted by Gasteiger charge is -2.32. The number of ether oxygens (including phenoxy) is 2. The van der Waals surface area contributed by atoms with E-state index in [4.69, 9.17) is 9.47 Å². The van der Waals surface area contributed by atoms with Crippen LogP contribution in [0.2, 0.25) is 0 Å². The van der Waals surface area contributed by atoms with Crippen LogP contribution in [0.25, 0.3) is 0 Å². The quantitative estimate of drug-likeness (QED) is 0.271. The van der Waals surface area contributed by atoms with Crippen LogP contribution in [0.3, 0.4) is 0 Å². The standard InChI is InChI=1S/C30H37N3O6S2/c1-6-31-30(35)22(3)32(20-23-11-10-12-24(19-23)38-4)29(34)21-33(27-13-8-9-14-28(27)39-7-2)41(36,37)26-17-15-25(40-5)16-18-26/h8-19,22H,6-7,20-21H2,1-5H3,(H,31,35)/t22-/m0/s1. The number of carbonyl (C=O) groups is 2. The first kappa shape index (κ1) is 31.8. The van der Waals surface area contributed by atoms with Gasteiger partial charge in [-0.1, -0.05) is 24.3 Å². The molecule has 0 unspecified atom stereocenters. The molecule has 3 aromatic carbocycles. The molecule has 9 nitrogen and oxygen atoms in total. The molecule has 0 aliphatic carbocycles. The summed E-state index contributed by atoms with van der Waals surface area (Å²) in [6.45, 7) is 5.42. The van der Waals surface area contributed by atoms with E-state index >= 15 is 0 Å². The number of thioether (sulfide) groups is 1. The molecule has 3 aromatic rings. The number of anilines is 1. The van der Waals surface area contributed by atoms with Crippen LogP contribution in [0.15, 0.2) is 82.6 Å². The summed E-state index contributed by atoms with van der Waals surface area (Å²) in [6.07, 6.45) is 1.90. The van der Waals surface area contributed by atoms with E-state index in [0.717, 1.165) is 14.8 Å². The van der Waals surface area contributed by atoms with Crippen molar-refractivity contribution in [3.63, 3.8) is 0 Å². The zero-order chi connectivity index (χ0) is 30.0. The summed E-state index contributed by atoms with van der Waals surface area (Å²) in [5.74, 6) is 0.0232. The van der Waals surface area contributed by atoms with E-state index < -0.39 is 28.5 Å². The summed E-state index contributed by atoms with van der Waals surface area (Å²) in [5.41, 5.74) is 0.953. The van der Waals surface area contributed by atoms with Crippen LogP contribution in [0.4, 0.5) is 5.69 Å². The van der Waals surface area contributed by atoms with Gasteiger partial charge in [0.25, 0.3) is 10.0 Å². The number of hydrogen-bond donors (Lipinski definition) is 1. The predicted molar refractivity (Wildman–Crippen MR) is 162 cm³/mol. The van der Waals surface area contributed by atoms with Crippen molar-refractivity contribution in [2.24, 2.45) is 0 Å². The van der Waals surface area contributed by atoms with Crippen LogP contribution in [-0.2, 0) is 26.2 Å². The first-order valence-electron chi connectivity index (χ1n) is 13.2. The Morgan fingerprint density at radius 3 is 2.34 bits per heavy atom. The number of carbonyl (C=O) groups excluding carboxylic acids is 2. The van der Waals surface area contributed by atoms with E-state index in [1.807, 2.05) is 12.3 Å². The summed E-state index contributed by atoms with van der Waals surface area (Å²) in [5, 5.41) is 2.76. The van der Waals surface area contributed by atoms with Crippen molar-refractivity contribution < 1.29 is 27.5 Å². The van der Waals surface area contributed by atoms with Crippen molar-refractivity contribution in [1.29, 1.82) is 0 Å². The second-order valence-corrected chi connectivity index (χ2v) is 11.8. The fourth-order valence-corrected chi connectivity index (χ4v) is 6.03. The van der Waals surface area contributed by atoms with E-state index in [2.05, 4.69) is 5.32 Å². The van der Waals surface area contributed by atoms with E-state index in [1.54, 1.807) is 82.5 Å². The van der Waals surface area contributed by atoms with Gasteiger partial charge in [0, 0.05) is 18.0 Å². The van der Waals surface area contributed by atoms with Gasteiger partial charge in [0.05, 0.1) is 24.3 Å². The molecule has 11 heteroatoms. The number of likely N-dealkylation sites (N-methyl/N-ethyl adjacent to an activating group) is 1. The van der Waals surface area contributed by atoms with E-state index in [0.29, 0.717) is 24.7 Å². The van der Waals surface area contributed by atoms with Crippen LogP contribution in [0.5, 0.6) is 11.5 Å². The number of methoxy groups -OCH3 is 1. The zero-order valence-corrected chi connectivity index (χ0v) is 25.6. The van der Waals surface area contributed by atoms with Gasteiger partial charge in [-0.2, -0.15) is 0 Å². The summed E-state index contributed by atoms with van der Waals surface area (Å²) in [7, 11) is -2.67. The van der Waals surface area contributed by atoms with Gasteiger partial charge in [0.1, 0.15) is 24.1 Å². The molecule has 0 fully saturated rings. The lowest BCUT2D eigenvalue weighted by Crippen LogP contribution is -2.51. The van der Waals surface area contributed by atoms with Crippen LogP contribution in [-0.4, -0.2) is 64.2 Å². The first-order valence-corrected chi connectivity index (χ1v) is 15.9. The Morgan fingerprint density at radius 1 is 1.00 bits per heavy atom. The maximum Gasteiger partial charge on any atom is 0.264 e. The number of sulfonamides is 1. The first-order chi connectivity index (χ1) is 19.7. The molecule has 1 N–H and O–H groups in total. The SMILES string of the molecule is CCNC(=O)[C@H](C)N(Cc1cccc(OC)c1)C(=O)CN(c1ccccc1OCC)S(=O)(=O)c1ccc(SC)cc1. The highest BCUT2D eigenvalue weighted by molar-refractivity contribution is 7.98. The second kappa shape index (κ2) is 14.8. The van der Waals surface area contributed by atoms with Crippen molar-refractivity contribution in [3.05, 3.63) is 78.4 Å². The number of nitrogens with one attached hydrogen (secondary N) is 1. The fourth-order valence-electron chi connectivity index (χ4n) is 4.20. The molecule has 0 saturated carbocycles. The minimum absolute atomic E-state index is 0.0329. The molecule has 41 heavy (non-hydrogen) atoms. The molecule has 0 aromatic heterocycles. The van der Waals surface area contributed by atoms with Gasteiger partial charge in [-0.25, -0.2) is 8.42 Å². The zero-order valence-electron chi connectivity index (χ0n) is 24.0. The highest BCUT2D eigenvalue weighted by atomic mass is 32.2. The molecular weight excluding hydrogens is 562 g/mol. The fraction of sp³-hybridized carbons (Fsp3) is 0.333. The summed E-state index contributed by atoms with van der Waals surface area (Å²) in [4.78, 5) is 29.3. The van der Waals surface area contributed by atoms with Gasteiger partial charge in [-0.3, -0.25) is 13.9 Å². The number of nitrogens with zero attached hydrogens (tertiary/aromatic N) is 2. The maximum absolute atomic E-state index is 14.1. The number of rotatable bonds is 14. The Labute approximate surface area is 246 Å². The lowest BCUT2D eigenvalue weighted by molar-refractivity contribution is -0.139. The third kappa shape index (κ3) is 7.95. The summed E-state index contributed by atoms with van der Waals surface area (Å²) >= 11 is 1.49. The third-order valence-electron chi connectivity index (χ3n) is 6.37. The molecule has 3 rings (SSSR count). The monoisotopic (exact) mass is 599 g/mol. The number of para-hydroxylation sites is 2. The van der Waals surface area contributed by atoms with E-state index in [-0.39, 0.29) is 23.0 Å². The number of hydrogen-bond acceptors (Lipinski definition) is 7. The molecular formula is C30H37N3O6S2. The minimum Gasteiger partial charge on any atom is -0.497 e. The Kier molecular flexibility index (Phi) is 11.5. The van der Waals surface area contributed by atoms with Gasteiger partial charge in [0.15, 0.2) is 0 Å². The highest BCUT2D eigenvalue weighted by Crippen LogP contribution is 2.33. The molecule has 0 heterocycles. The van der Waals surface area contributed by atoms with Gasteiger partial charge < -0.3 is 19.7 Å². The summed E-state index contributed by atoms with van der Waals surface area (Å²) in [6, 6.07) is 19.5. The molecule has 1 atom stereocenters. The lowest BCUT2D eigenvalue weighted by atomic mass is 10.1. The Bertz CT molecular complexity index is 1430. The molecule has 0 bridgehead atoms. The van der Waals surface area contributed by atoms with Gasteiger partial charge in [-0.15, -0.1) is 11.8 Å². The minimum atomic E-state index is -4.21. The van der Waals surface area contributed by atoms with E-state index in [1.165, 1.54) is 28.8 Å². The average molecular weight is 600 g/mol. The van der Waals surface area contributed by atoms with Crippen LogP contribution in [0.1, 0.15) is 26.3 Å². The second-order valence-electron chi connectivity index (χ2n) is 9.03. The molecule has 0 spiro atoms. The topological polar surface area (TPSA) is 105 Å². The largest absolute Gasteiger partial charge is 0.497 e. The predicted octanol–water partition coefficient (Wildman–Crippen LogP) is 4.56. The smallest absolute Gasteiger partial charge is 0.264 e. The van der Waals surface area contributed by atoms with Crippen LogP contribution >= 0.6 is 11.8 Å². The average Bonchev–Trinajstić information content (AvgIpc) is 2.99. The maximum atomic E-state index is 14.1. The van der Waals surface area contributed by atoms with Crippen molar-refractivity contribution >= 4 is 39.3 Å². The van der Waals surface area contributed by atoms with E-state index in [9.17, 15) is 18.0 Å². The third-order valence-corrected chi connectivity index (χ3v) is 8.88. The summed E-state index contributed by atoms with van der Waals surface area (Å²) < 4.78 is 40.3. The molecule has 220 valence electrons. The van der Waals surface area contributed by atoms with Crippen molar-refractivity contribution in [1.82, 2.24) is 10.2 Å². The Balaban J connectivity index is 2.09. The van der Waals surface area contributed by atoms with Crippen molar-refractivity contribution in [3.8, 4) is 11.5 Å². The molecule has 0 aliphatic rings. The Morgan fingerprint density at radius 2 is 1.71 bits per heavy atom. The molecule has 0 saturated heterocycles. The van der Waals surface area contributed by atoms with Crippen molar-refractivity contribution in [2.75, 3.05) is 37.4 Å². The normalized spacial score (nSPS) is 11.8. The number of amides is 2. The van der Waals surface area contributed by atoms with Gasteiger partial charge in [-0.05, 0) is 81.1 Å². The molecule has 0 aliphatic heterocycles. The van der Waals surface area contributed by atoms with Crippen LogP contribution < -0.4 is 19.1 Å². The molecule has 2 amide bonds. The number of benzene rings is 3. The molecule has 0 radical (unpaired) electrons. The van der Waals surface area contributed by atoms with Crippen LogP contribution in [0, 0.1) is 0 Å². The van der Waals surface area contributed by atoms with Crippen molar-refractivity contribution in [2.45, 2.75) is 43.1 Å².